The van der Waals surface area contributed by atoms with Crippen molar-refractivity contribution < 1.29 is 14.3 Å². The fourth-order valence-corrected chi connectivity index (χ4v) is 3.65. The molecule has 1 fully saturated rings. The molecular weight excluding hydrogens is 392 g/mol. The van der Waals surface area contributed by atoms with Crippen molar-refractivity contribution in [3.63, 3.8) is 0 Å². The third-order valence-electron chi connectivity index (χ3n) is 5.25. The first-order chi connectivity index (χ1) is 15.0. The van der Waals surface area contributed by atoms with Gasteiger partial charge in [-0.25, -0.2) is 0 Å². The number of para-hydroxylation sites is 1. The van der Waals surface area contributed by atoms with Crippen LogP contribution in [-0.4, -0.2) is 31.1 Å². The highest BCUT2D eigenvalue weighted by Crippen LogP contribution is 2.25. The monoisotopic (exact) mass is 424 g/mol. The molecular formula is C24H32N4O3. The first-order valence-electron chi connectivity index (χ1n) is 10.9. The maximum Gasteiger partial charge on any atom is 0.226 e. The van der Waals surface area contributed by atoms with E-state index in [1.165, 1.54) is 0 Å². The number of nitrogens with one attached hydrogen (secondary N) is 3. The van der Waals surface area contributed by atoms with Crippen LogP contribution >= 0.6 is 0 Å². The third-order valence-corrected chi connectivity index (χ3v) is 5.25. The molecule has 3 rings (SSSR count). The topological polar surface area (TPSA) is 105 Å². The second-order valence-electron chi connectivity index (χ2n) is 7.92. The molecule has 3 unspecified atom stereocenters. The molecule has 31 heavy (non-hydrogen) atoms. The standard InChI is InChI=1S/C24H32N4O3/c1-2-11-31-16-17-7-6-8-18(12-17)21(27-20-9-4-3-5-10-20)14-22(25)28-24(30)19-13-23(29)26-15-19/h3-10,12,19,21-22,27H,2,11,13-16,25H2,1H3,(H,26,29)(H,28,30). The van der Waals surface area contributed by atoms with E-state index in [1.807, 2.05) is 42.5 Å². The van der Waals surface area contributed by atoms with Crippen LogP contribution in [-0.2, 0) is 20.9 Å². The van der Waals surface area contributed by atoms with E-state index in [0.717, 1.165) is 29.8 Å². The Balaban J connectivity index is 1.69. The first-order valence-corrected chi connectivity index (χ1v) is 10.9. The molecule has 1 aliphatic rings. The van der Waals surface area contributed by atoms with E-state index in [0.29, 0.717) is 19.6 Å². The fourth-order valence-electron chi connectivity index (χ4n) is 3.65. The molecule has 0 saturated carbocycles. The van der Waals surface area contributed by atoms with Gasteiger partial charge < -0.3 is 26.4 Å². The number of carbonyl (C=O) groups excluding carboxylic acids is 2. The van der Waals surface area contributed by atoms with E-state index in [9.17, 15) is 9.59 Å². The number of hydrogen-bond donors (Lipinski definition) is 4. The zero-order valence-corrected chi connectivity index (χ0v) is 18.0. The minimum Gasteiger partial charge on any atom is -0.378 e. The molecule has 7 nitrogen and oxygen atoms in total. The molecule has 1 saturated heterocycles. The maximum atomic E-state index is 12.5. The summed E-state index contributed by atoms with van der Waals surface area (Å²) in [6, 6.07) is 18.0. The van der Waals surface area contributed by atoms with Crippen molar-refractivity contribution in [2.45, 2.75) is 45.0 Å². The van der Waals surface area contributed by atoms with Crippen molar-refractivity contribution in [2.24, 2.45) is 11.7 Å². The van der Waals surface area contributed by atoms with Gasteiger partial charge in [0.25, 0.3) is 0 Å². The lowest BCUT2D eigenvalue weighted by molar-refractivity contribution is -0.127. The van der Waals surface area contributed by atoms with Crippen LogP contribution in [0.15, 0.2) is 54.6 Å². The second kappa shape index (κ2) is 11.5. The van der Waals surface area contributed by atoms with Crippen molar-refractivity contribution in [3.8, 4) is 0 Å². The van der Waals surface area contributed by atoms with Gasteiger partial charge >= 0.3 is 0 Å². The molecule has 2 amide bonds. The van der Waals surface area contributed by atoms with E-state index in [1.54, 1.807) is 0 Å². The van der Waals surface area contributed by atoms with Crippen LogP contribution in [0.2, 0.25) is 0 Å². The van der Waals surface area contributed by atoms with Crippen LogP contribution < -0.4 is 21.7 Å². The number of anilines is 1. The summed E-state index contributed by atoms with van der Waals surface area (Å²) in [5.41, 5.74) is 9.45. The van der Waals surface area contributed by atoms with Crippen LogP contribution in [0, 0.1) is 5.92 Å². The van der Waals surface area contributed by atoms with E-state index in [-0.39, 0.29) is 30.2 Å². The highest BCUT2D eigenvalue weighted by Gasteiger charge is 2.29. The van der Waals surface area contributed by atoms with Gasteiger partial charge in [-0.05, 0) is 29.7 Å². The molecule has 0 radical (unpaired) electrons. The average molecular weight is 425 g/mol. The lowest BCUT2D eigenvalue weighted by Gasteiger charge is -2.25. The lowest BCUT2D eigenvalue weighted by atomic mass is 9.99. The van der Waals surface area contributed by atoms with E-state index in [4.69, 9.17) is 10.5 Å². The SMILES string of the molecule is CCCOCc1cccc(C(CC(N)NC(=O)C2CNC(=O)C2)Nc2ccccc2)c1. The predicted molar refractivity (Wildman–Crippen MR) is 121 cm³/mol. The van der Waals surface area contributed by atoms with Crippen molar-refractivity contribution in [3.05, 3.63) is 65.7 Å². The molecule has 5 N–H and O–H groups in total. The first kappa shape index (κ1) is 22.8. The van der Waals surface area contributed by atoms with Gasteiger partial charge in [0.1, 0.15) is 0 Å². The van der Waals surface area contributed by atoms with E-state index < -0.39 is 6.17 Å². The molecule has 1 heterocycles. The molecule has 0 aliphatic carbocycles. The molecule has 2 aromatic rings. The molecule has 166 valence electrons. The molecule has 0 spiro atoms. The predicted octanol–water partition coefficient (Wildman–Crippen LogP) is 2.69. The Morgan fingerprint density at radius 2 is 2.03 bits per heavy atom. The fraction of sp³-hybridized carbons (Fsp3) is 0.417. The van der Waals surface area contributed by atoms with Gasteiger partial charge in [0.05, 0.1) is 24.7 Å². The summed E-state index contributed by atoms with van der Waals surface area (Å²) in [4.78, 5) is 23.9. The number of amides is 2. The minimum atomic E-state index is -0.551. The smallest absolute Gasteiger partial charge is 0.226 e. The Morgan fingerprint density at radius 1 is 1.23 bits per heavy atom. The summed E-state index contributed by atoms with van der Waals surface area (Å²) in [6.07, 6.45) is 1.14. The summed E-state index contributed by atoms with van der Waals surface area (Å²) >= 11 is 0. The van der Waals surface area contributed by atoms with Gasteiger partial charge in [0.2, 0.25) is 11.8 Å². The van der Waals surface area contributed by atoms with Crippen LogP contribution in [0.4, 0.5) is 5.69 Å². The number of rotatable bonds is 11. The van der Waals surface area contributed by atoms with Gasteiger partial charge in [0.15, 0.2) is 0 Å². The summed E-state index contributed by atoms with van der Waals surface area (Å²) in [5.74, 6) is -0.649. The molecule has 0 aromatic heterocycles. The normalized spacial score (nSPS) is 17.6. The molecule has 1 aliphatic heterocycles. The average Bonchev–Trinajstić information content (AvgIpc) is 3.21. The van der Waals surface area contributed by atoms with E-state index in [2.05, 4.69) is 35.0 Å². The molecule has 0 bridgehead atoms. The van der Waals surface area contributed by atoms with E-state index >= 15 is 0 Å². The zero-order chi connectivity index (χ0) is 22.1. The number of hydrogen-bond acceptors (Lipinski definition) is 5. The Labute approximate surface area is 183 Å². The quantitative estimate of drug-likeness (QED) is 0.328. The second-order valence-corrected chi connectivity index (χ2v) is 7.92. The molecule has 2 aromatic carbocycles. The van der Waals surface area contributed by atoms with Gasteiger partial charge in [-0.2, -0.15) is 0 Å². The van der Waals surface area contributed by atoms with Crippen LogP contribution in [0.1, 0.15) is 43.4 Å². The van der Waals surface area contributed by atoms with Gasteiger partial charge in [-0.1, -0.05) is 49.4 Å². The summed E-state index contributed by atoms with van der Waals surface area (Å²) in [5, 5.41) is 9.08. The Bertz CT molecular complexity index is 859. The Kier molecular flexibility index (Phi) is 8.44. The molecule has 3 atom stereocenters. The highest BCUT2D eigenvalue weighted by atomic mass is 16.5. The summed E-state index contributed by atoms with van der Waals surface area (Å²) < 4.78 is 5.69. The number of ether oxygens (including phenoxy) is 1. The Hall–Kier alpha value is -2.90. The van der Waals surface area contributed by atoms with Crippen LogP contribution in [0.25, 0.3) is 0 Å². The lowest BCUT2D eigenvalue weighted by Crippen LogP contribution is -2.46. The largest absolute Gasteiger partial charge is 0.378 e. The maximum absolute atomic E-state index is 12.5. The molecule has 7 heteroatoms. The number of benzene rings is 2. The van der Waals surface area contributed by atoms with Gasteiger partial charge in [-0.3, -0.25) is 9.59 Å². The van der Waals surface area contributed by atoms with Crippen molar-refractivity contribution in [1.82, 2.24) is 10.6 Å². The Morgan fingerprint density at radius 3 is 2.74 bits per heavy atom. The minimum absolute atomic E-state index is 0.0977. The van der Waals surface area contributed by atoms with Crippen LogP contribution in [0.3, 0.4) is 0 Å². The van der Waals surface area contributed by atoms with Gasteiger partial charge in [0, 0.05) is 31.7 Å². The number of carbonyl (C=O) groups is 2. The number of nitrogens with two attached hydrogens (primary N) is 1. The third kappa shape index (κ3) is 7.08. The van der Waals surface area contributed by atoms with Crippen molar-refractivity contribution >= 4 is 17.5 Å². The van der Waals surface area contributed by atoms with Crippen LogP contribution in [0.5, 0.6) is 0 Å². The highest BCUT2D eigenvalue weighted by molar-refractivity contribution is 5.89. The summed E-state index contributed by atoms with van der Waals surface area (Å²) in [7, 11) is 0. The van der Waals surface area contributed by atoms with Crippen molar-refractivity contribution in [1.29, 1.82) is 0 Å². The van der Waals surface area contributed by atoms with Gasteiger partial charge in [-0.15, -0.1) is 0 Å². The van der Waals surface area contributed by atoms with Crippen molar-refractivity contribution in [2.75, 3.05) is 18.5 Å². The summed E-state index contributed by atoms with van der Waals surface area (Å²) in [6.45, 7) is 3.74. The zero-order valence-electron chi connectivity index (χ0n) is 18.0.